The molecule has 1 aliphatic carbocycles. The molecular weight excluding hydrogens is 296 g/mol. The Hall–Kier alpha value is -1.12. The summed E-state index contributed by atoms with van der Waals surface area (Å²) in [6.07, 6.45) is 5.85. The molecule has 1 saturated carbocycles. The van der Waals surface area contributed by atoms with Gasteiger partial charge in [-0.25, -0.2) is 18.1 Å². The first-order chi connectivity index (χ1) is 9.49. The predicted octanol–water partition coefficient (Wildman–Crippen LogP) is 1.84. The lowest BCUT2D eigenvalue weighted by molar-refractivity contribution is 0.310. The molecule has 1 fully saturated rings. The van der Waals surface area contributed by atoms with Gasteiger partial charge >= 0.3 is 0 Å². The molecule has 0 aromatic carbocycles. The van der Waals surface area contributed by atoms with E-state index in [9.17, 15) is 8.42 Å². The second-order valence-electron chi connectivity index (χ2n) is 5.35. The normalized spacial score (nSPS) is 24.2. The number of nitrogens with two attached hydrogens (primary N) is 1. The first kappa shape index (κ1) is 13.8. The third kappa shape index (κ3) is 2.32. The van der Waals surface area contributed by atoms with Crippen molar-refractivity contribution in [2.24, 2.45) is 5.92 Å². The highest BCUT2D eigenvalue weighted by molar-refractivity contribution is 7.89. The molecule has 1 aliphatic rings. The van der Waals surface area contributed by atoms with Gasteiger partial charge in [-0.15, -0.1) is 11.3 Å². The van der Waals surface area contributed by atoms with Crippen LogP contribution in [0.4, 0.5) is 5.82 Å². The van der Waals surface area contributed by atoms with Gasteiger partial charge in [-0.3, -0.25) is 4.40 Å². The summed E-state index contributed by atoms with van der Waals surface area (Å²) in [6.45, 7) is 2.09. The Balaban J connectivity index is 1.95. The van der Waals surface area contributed by atoms with E-state index in [1.165, 1.54) is 22.2 Å². The van der Waals surface area contributed by atoms with E-state index in [0.717, 1.165) is 19.3 Å². The summed E-state index contributed by atoms with van der Waals surface area (Å²) in [5.74, 6) is 0.415. The number of hydrogen-bond donors (Lipinski definition) is 2. The molecule has 8 heteroatoms. The molecule has 0 radical (unpaired) electrons. The van der Waals surface area contributed by atoms with E-state index in [2.05, 4.69) is 16.6 Å². The van der Waals surface area contributed by atoms with E-state index >= 15 is 0 Å². The summed E-state index contributed by atoms with van der Waals surface area (Å²) >= 11 is 1.36. The zero-order valence-corrected chi connectivity index (χ0v) is 12.9. The third-order valence-corrected chi connectivity index (χ3v) is 6.20. The van der Waals surface area contributed by atoms with E-state index in [1.54, 1.807) is 11.6 Å². The van der Waals surface area contributed by atoms with Crippen LogP contribution >= 0.6 is 11.3 Å². The van der Waals surface area contributed by atoms with Crippen molar-refractivity contribution in [2.75, 3.05) is 5.73 Å². The van der Waals surface area contributed by atoms with E-state index < -0.39 is 10.0 Å². The lowest BCUT2D eigenvalue weighted by Crippen LogP contribution is -2.41. The number of hydrogen-bond acceptors (Lipinski definition) is 5. The van der Waals surface area contributed by atoms with Gasteiger partial charge in [0.2, 0.25) is 0 Å². The molecule has 3 rings (SSSR count). The Bertz CT molecular complexity index is 719. The Morgan fingerprint density at radius 1 is 1.45 bits per heavy atom. The van der Waals surface area contributed by atoms with Crippen LogP contribution < -0.4 is 10.5 Å². The summed E-state index contributed by atoms with van der Waals surface area (Å²) in [6, 6.07) is -0.0164. The minimum atomic E-state index is -3.64. The highest BCUT2D eigenvalue weighted by atomic mass is 32.2. The van der Waals surface area contributed by atoms with Gasteiger partial charge in [0.25, 0.3) is 10.0 Å². The molecule has 3 N–H and O–H groups in total. The van der Waals surface area contributed by atoms with Crippen LogP contribution in [-0.2, 0) is 10.0 Å². The molecule has 0 saturated heterocycles. The molecule has 2 aromatic heterocycles. The number of nitrogen functional groups attached to an aromatic ring is 1. The molecule has 0 aliphatic heterocycles. The van der Waals surface area contributed by atoms with Gasteiger partial charge < -0.3 is 5.73 Å². The number of imidazole rings is 1. The van der Waals surface area contributed by atoms with Crippen LogP contribution in [0.2, 0.25) is 0 Å². The lowest BCUT2D eigenvalue weighted by atomic mass is 9.87. The summed E-state index contributed by atoms with van der Waals surface area (Å²) < 4.78 is 29.5. The molecule has 0 bridgehead atoms. The minimum absolute atomic E-state index is 0.0164. The van der Waals surface area contributed by atoms with Crippen molar-refractivity contribution in [3.63, 3.8) is 0 Å². The van der Waals surface area contributed by atoms with Crippen LogP contribution in [0.25, 0.3) is 4.96 Å². The molecule has 2 heterocycles. The zero-order valence-electron chi connectivity index (χ0n) is 11.2. The van der Waals surface area contributed by atoms with Gasteiger partial charge in [-0.2, -0.15) is 0 Å². The Labute approximate surface area is 122 Å². The molecule has 0 amide bonds. The number of nitrogens with one attached hydrogen (secondary N) is 1. The van der Waals surface area contributed by atoms with Gasteiger partial charge in [-0.1, -0.05) is 19.8 Å². The van der Waals surface area contributed by atoms with Gasteiger partial charge in [0, 0.05) is 17.6 Å². The van der Waals surface area contributed by atoms with Crippen LogP contribution in [0.3, 0.4) is 0 Å². The molecule has 20 heavy (non-hydrogen) atoms. The molecule has 2 aromatic rings. The van der Waals surface area contributed by atoms with Crippen molar-refractivity contribution < 1.29 is 8.42 Å². The fourth-order valence-corrected chi connectivity index (χ4v) is 5.16. The largest absolute Gasteiger partial charge is 0.381 e. The number of nitrogens with zero attached hydrogens (tertiary/aromatic N) is 2. The summed E-state index contributed by atoms with van der Waals surface area (Å²) in [5, 5.41) is 1.86. The quantitative estimate of drug-likeness (QED) is 0.904. The maximum absolute atomic E-state index is 12.6. The van der Waals surface area contributed by atoms with Crippen LogP contribution in [0.1, 0.15) is 32.6 Å². The Kier molecular flexibility index (Phi) is 3.47. The second-order valence-corrected chi connectivity index (χ2v) is 7.85. The third-order valence-electron chi connectivity index (χ3n) is 3.92. The van der Waals surface area contributed by atoms with Gasteiger partial charge in [0.1, 0.15) is 0 Å². The molecule has 6 nitrogen and oxygen atoms in total. The highest BCUT2D eigenvalue weighted by Gasteiger charge is 2.30. The SMILES string of the molecule is CC1CCCCC1NS(=O)(=O)c1c(N)nc2sccn12. The monoisotopic (exact) mass is 314 g/mol. The predicted molar refractivity (Wildman–Crippen MR) is 79.2 cm³/mol. The summed E-state index contributed by atoms with van der Waals surface area (Å²) in [7, 11) is -3.64. The number of thiazole rings is 1. The molecular formula is C12H18N4O2S2. The van der Waals surface area contributed by atoms with Crippen molar-refractivity contribution >= 4 is 32.1 Å². The number of fused-ring (bicyclic) bond motifs is 1. The van der Waals surface area contributed by atoms with Crippen molar-refractivity contribution in [1.29, 1.82) is 0 Å². The first-order valence-corrected chi connectivity index (χ1v) is 9.08. The van der Waals surface area contributed by atoms with Crippen molar-refractivity contribution in [3.05, 3.63) is 11.6 Å². The fourth-order valence-electron chi connectivity index (χ4n) is 2.80. The number of sulfonamides is 1. The smallest absolute Gasteiger partial charge is 0.260 e. The Morgan fingerprint density at radius 3 is 2.95 bits per heavy atom. The van der Waals surface area contributed by atoms with E-state index in [-0.39, 0.29) is 16.9 Å². The zero-order chi connectivity index (χ0) is 14.3. The van der Waals surface area contributed by atoms with Crippen LogP contribution in [-0.4, -0.2) is 23.8 Å². The topological polar surface area (TPSA) is 89.5 Å². The number of aromatic nitrogens is 2. The molecule has 110 valence electrons. The van der Waals surface area contributed by atoms with Crippen LogP contribution in [0.5, 0.6) is 0 Å². The average Bonchev–Trinajstić information content (AvgIpc) is 2.91. The maximum atomic E-state index is 12.6. The van der Waals surface area contributed by atoms with Crippen LogP contribution in [0, 0.1) is 5.92 Å². The Morgan fingerprint density at radius 2 is 2.20 bits per heavy atom. The summed E-state index contributed by atoms with van der Waals surface area (Å²) in [4.78, 5) is 4.69. The van der Waals surface area contributed by atoms with E-state index in [4.69, 9.17) is 5.73 Å². The number of anilines is 1. The van der Waals surface area contributed by atoms with E-state index in [1.807, 2.05) is 0 Å². The van der Waals surface area contributed by atoms with Crippen molar-refractivity contribution in [3.8, 4) is 0 Å². The molecule has 2 unspecified atom stereocenters. The molecule has 2 atom stereocenters. The fraction of sp³-hybridized carbons (Fsp3) is 0.583. The van der Waals surface area contributed by atoms with Gasteiger partial charge in [0.05, 0.1) is 0 Å². The van der Waals surface area contributed by atoms with E-state index in [0.29, 0.717) is 10.9 Å². The van der Waals surface area contributed by atoms with Crippen molar-refractivity contribution in [2.45, 2.75) is 43.7 Å². The van der Waals surface area contributed by atoms with Crippen molar-refractivity contribution in [1.82, 2.24) is 14.1 Å². The average molecular weight is 314 g/mol. The minimum Gasteiger partial charge on any atom is -0.381 e. The standard InChI is InChI=1S/C12H18N4O2S2/c1-8-4-2-3-5-9(8)15-20(17,18)11-10(13)14-12-16(11)6-7-19-12/h6-9,15H,2-5,13H2,1H3. The number of rotatable bonds is 3. The second kappa shape index (κ2) is 5.01. The first-order valence-electron chi connectivity index (χ1n) is 6.72. The lowest BCUT2D eigenvalue weighted by Gasteiger charge is -2.29. The van der Waals surface area contributed by atoms with Gasteiger partial charge in [-0.05, 0) is 18.8 Å². The van der Waals surface area contributed by atoms with Gasteiger partial charge in [0.15, 0.2) is 15.8 Å². The maximum Gasteiger partial charge on any atom is 0.260 e. The summed E-state index contributed by atoms with van der Waals surface area (Å²) in [5.41, 5.74) is 5.78. The van der Waals surface area contributed by atoms with Crippen LogP contribution in [0.15, 0.2) is 16.6 Å². The highest BCUT2D eigenvalue weighted by Crippen LogP contribution is 2.27. The molecule has 0 spiro atoms.